The monoisotopic (exact) mass is 348 g/mol. The van der Waals surface area contributed by atoms with E-state index in [1.807, 2.05) is 35.0 Å². The number of carboxylic acid groups (broad SMARTS) is 1. The number of H-pyrrole nitrogens is 1. The number of ether oxygens (including phenoxy) is 1. The van der Waals surface area contributed by atoms with Crippen LogP contribution in [0.15, 0.2) is 61.2 Å². The van der Waals surface area contributed by atoms with Gasteiger partial charge in [0.05, 0.1) is 35.0 Å². The number of aromatic amines is 1. The van der Waals surface area contributed by atoms with Crippen LogP contribution in [0.25, 0.3) is 22.4 Å². The fraction of sp³-hybridized carbons (Fsp3) is 0.105. The number of benzene rings is 2. The molecule has 26 heavy (non-hydrogen) atoms. The second-order valence-electron chi connectivity index (χ2n) is 5.77. The maximum atomic E-state index is 11.1. The summed E-state index contributed by atoms with van der Waals surface area (Å²) in [6.07, 6.45) is 5.36. The van der Waals surface area contributed by atoms with E-state index in [-0.39, 0.29) is 5.56 Å². The van der Waals surface area contributed by atoms with Crippen LogP contribution in [-0.2, 0) is 6.54 Å². The summed E-state index contributed by atoms with van der Waals surface area (Å²) in [5.41, 5.74) is 2.43. The van der Waals surface area contributed by atoms with Gasteiger partial charge in [0.1, 0.15) is 18.2 Å². The molecular weight excluding hydrogens is 332 g/mol. The average Bonchev–Trinajstić information content (AvgIpc) is 3.30. The molecule has 0 atom stereocenters. The standard InChI is InChI=1S/C19H16N4O3/c24-19(25)13-5-6-15-16(11-13)22-18(21-15)14-3-1-2-4-17(14)26-10-9-23-8-7-20-12-23/h1-8,11-12H,9-10H2,(H,21,22)(H,24,25). The lowest BCUT2D eigenvalue weighted by atomic mass is 10.2. The SMILES string of the molecule is O=C(O)c1ccc2nc(-c3ccccc3OCCn3ccnc3)[nH]c2c1. The number of fused-ring (bicyclic) bond motifs is 1. The largest absolute Gasteiger partial charge is 0.491 e. The zero-order chi connectivity index (χ0) is 17.9. The van der Waals surface area contributed by atoms with E-state index in [0.717, 1.165) is 5.56 Å². The highest BCUT2D eigenvalue weighted by Gasteiger charge is 2.12. The second kappa shape index (κ2) is 6.72. The van der Waals surface area contributed by atoms with Gasteiger partial charge in [-0.05, 0) is 30.3 Å². The number of rotatable bonds is 6. The maximum Gasteiger partial charge on any atom is 0.335 e. The van der Waals surface area contributed by atoms with Crippen LogP contribution in [0.3, 0.4) is 0 Å². The van der Waals surface area contributed by atoms with Crippen LogP contribution >= 0.6 is 0 Å². The summed E-state index contributed by atoms with van der Waals surface area (Å²) in [6.45, 7) is 1.19. The Labute approximate surface area is 148 Å². The van der Waals surface area contributed by atoms with Gasteiger partial charge in [-0.25, -0.2) is 14.8 Å². The van der Waals surface area contributed by atoms with E-state index in [2.05, 4.69) is 15.0 Å². The van der Waals surface area contributed by atoms with Crippen LogP contribution in [0.5, 0.6) is 5.75 Å². The van der Waals surface area contributed by atoms with Gasteiger partial charge in [-0.1, -0.05) is 12.1 Å². The minimum Gasteiger partial charge on any atom is -0.491 e. The molecule has 0 aliphatic rings. The maximum absolute atomic E-state index is 11.1. The number of nitrogens with one attached hydrogen (secondary N) is 1. The van der Waals surface area contributed by atoms with Gasteiger partial charge in [-0.2, -0.15) is 0 Å². The van der Waals surface area contributed by atoms with E-state index in [1.165, 1.54) is 0 Å². The zero-order valence-electron chi connectivity index (χ0n) is 13.8. The number of aromatic carboxylic acids is 1. The van der Waals surface area contributed by atoms with E-state index in [9.17, 15) is 4.79 Å². The Bertz CT molecular complexity index is 1050. The van der Waals surface area contributed by atoms with Crippen LogP contribution in [0.1, 0.15) is 10.4 Å². The fourth-order valence-electron chi connectivity index (χ4n) is 2.74. The van der Waals surface area contributed by atoms with E-state index in [4.69, 9.17) is 9.84 Å². The molecule has 0 radical (unpaired) electrons. The van der Waals surface area contributed by atoms with E-state index >= 15 is 0 Å². The lowest BCUT2D eigenvalue weighted by Gasteiger charge is -2.10. The molecule has 0 spiro atoms. The molecule has 2 aromatic carbocycles. The second-order valence-corrected chi connectivity index (χ2v) is 5.77. The minimum atomic E-state index is -0.966. The van der Waals surface area contributed by atoms with E-state index in [1.54, 1.807) is 30.7 Å². The molecule has 0 saturated heterocycles. The molecule has 4 aromatic rings. The normalized spacial score (nSPS) is 10.9. The Morgan fingerprint density at radius 3 is 2.92 bits per heavy atom. The number of para-hydroxylation sites is 1. The van der Waals surface area contributed by atoms with Crippen molar-refractivity contribution in [2.24, 2.45) is 0 Å². The number of hydrogen-bond acceptors (Lipinski definition) is 4. The Kier molecular flexibility index (Phi) is 4.10. The minimum absolute atomic E-state index is 0.220. The lowest BCUT2D eigenvalue weighted by Crippen LogP contribution is -2.07. The van der Waals surface area contributed by atoms with Gasteiger partial charge in [0.25, 0.3) is 0 Å². The van der Waals surface area contributed by atoms with Crippen molar-refractivity contribution < 1.29 is 14.6 Å². The third kappa shape index (κ3) is 3.14. The zero-order valence-corrected chi connectivity index (χ0v) is 13.8. The third-order valence-electron chi connectivity index (χ3n) is 4.04. The van der Waals surface area contributed by atoms with Crippen molar-refractivity contribution in [3.63, 3.8) is 0 Å². The Balaban J connectivity index is 1.61. The lowest BCUT2D eigenvalue weighted by molar-refractivity contribution is 0.0697. The molecule has 0 bridgehead atoms. The highest BCUT2D eigenvalue weighted by atomic mass is 16.5. The molecule has 0 amide bonds. The van der Waals surface area contributed by atoms with Crippen molar-refractivity contribution in [1.29, 1.82) is 0 Å². The van der Waals surface area contributed by atoms with Crippen molar-refractivity contribution in [3.05, 3.63) is 66.7 Å². The first-order valence-corrected chi connectivity index (χ1v) is 8.12. The molecule has 2 heterocycles. The quantitative estimate of drug-likeness (QED) is 0.558. The molecule has 2 aromatic heterocycles. The Hall–Kier alpha value is -3.61. The van der Waals surface area contributed by atoms with Crippen molar-refractivity contribution in [2.75, 3.05) is 6.61 Å². The molecule has 0 aliphatic carbocycles. The fourth-order valence-corrected chi connectivity index (χ4v) is 2.74. The summed E-state index contributed by atoms with van der Waals surface area (Å²) in [5.74, 6) is 0.386. The Morgan fingerprint density at radius 1 is 1.23 bits per heavy atom. The molecule has 0 aliphatic heterocycles. The van der Waals surface area contributed by atoms with Crippen LogP contribution < -0.4 is 4.74 Å². The van der Waals surface area contributed by atoms with Gasteiger partial charge in [0, 0.05) is 12.4 Å². The smallest absolute Gasteiger partial charge is 0.335 e. The summed E-state index contributed by atoms with van der Waals surface area (Å²) in [6, 6.07) is 12.4. The van der Waals surface area contributed by atoms with Crippen LogP contribution in [-0.4, -0.2) is 37.2 Å². The molecule has 4 rings (SSSR count). The van der Waals surface area contributed by atoms with Crippen molar-refractivity contribution >= 4 is 17.0 Å². The molecule has 7 nitrogen and oxygen atoms in total. The van der Waals surface area contributed by atoms with E-state index < -0.39 is 5.97 Å². The topological polar surface area (TPSA) is 93.0 Å². The predicted molar refractivity (Wildman–Crippen MR) is 96.2 cm³/mol. The summed E-state index contributed by atoms with van der Waals surface area (Å²) >= 11 is 0. The number of carboxylic acids is 1. The van der Waals surface area contributed by atoms with Gasteiger partial charge in [-0.3, -0.25) is 0 Å². The summed E-state index contributed by atoms with van der Waals surface area (Å²) < 4.78 is 7.86. The van der Waals surface area contributed by atoms with Gasteiger partial charge >= 0.3 is 5.97 Å². The first kappa shape index (κ1) is 15.9. The van der Waals surface area contributed by atoms with Crippen molar-refractivity contribution in [3.8, 4) is 17.1 Å². The van der Waals surface area contributed by atoms with Crippen LogP contribution in [0.2, 0.25) is 0 Å². The van der Waals surface area contributed by atoms with Crippen molar-refractivity contribution in [2.45, 2.75) is 6.54 Å². The first-order chi connectivity index (χ1) is 12.7. The number of nitrogens with zero attached hydrogens (tertiary/aromatic N) is 3. The predicted octanol–water partition coefficient (Wildman–Crippen LogP) is 3.20. The first-order valence-electron chi connectivity index (χ1n) is 8.12. The van der Waals surface area contributed by atoms with E-state index in [0.29, 0.717) is 35.8 Å². The molecule has 0 unspecified atom stereocenters. The number of imidazole rings is 2. The van der Waals surface area contributed by atoms with Gasteiger partial charge < -0.3 is 19.4 Å². The number of carbonyl (C=O) groups is 1. The highest BCUT2D eigenvalue weighted by Crippen LogP contribution is 2.29. The van der Waals surface area contributed by atoms with Crippen molar-refractivity contribution in [1.82, 2.24) is 19.5 Å². The molecule has 0 saturated carbocycles. The van der Waals surface area contributed by atoms with Crippen LogP contribution in [0, 0.1) is 0 Å². The third-order valence-corrected chi connectivity index (χ3v) is 4.04. The molecule has 7 heteroatoms. The Morgan fingerprint density at radius 2 is 2.12 bits per heavy atom. The molecule has 130 valence electrons. The number of hydrogen-bond donors (Lipinski definition) is 2. The van der Waals surface area contributed by atoms with Crippen LogP contribution in [0.4, 0.5) is 0 Å². The molecule has 2 N–H and O–H groups in total. The molecular formula is C19H16N4O3. The number of aromatic nitrogens is 4. The average molecular weight is 348 g/mol. The summed E-state index contributed by atoms with van der Waals surface area (Å²) in [4.78, 5) is 22.9. The van der Waals surface area contributed by atoms with Gasteiger partial charge in [0.15, 0.2) is 0 Å². The highest BCUT2D eigenvalue weighted by molar-refractivity contribution is 5.93. The summed E-state index contributed by atoms with van der Waals surface area (Å²) in [5, 5.41) is 9.13. The van der Waals surface area contributed by atoms with Gasteiger partial charge in [-0.15, -0.1) is 0 Å². The van der Waals surface area contributed by atoms with Gasteiger partial charge in [0.2, 0.25) is 0 Å². The summed E-state index contributed by atoms with van der Waals surface area (Å²) in [7, 11) is 0. The molecule has 0 fully saturated rings.